The lowest BCUT2D eigenvalue weighted by molar-refractivity contribution is 0.0991. The van der Waals surface area contributed by atoms with Gasteiger partial charge in [0.2, 0.25) is 0 Å². The van der Waals surface area contributed by atoms with Crippen molar-refractivity contribution < 1.29 is 4.52 Å². The molecule has 0 spiro atoms. The molecule has 1 aromatic heterocycles. The SMILES string of the molecule is CCCc1cc(C2CCN(C)C2N2CCCC2)on1.Cl. The molecule has 114 valence electrons. The molecule has 0 radical (unpaired) electrons. The molecule has 20 heavy (non-hydrogen) atoms. The van der Waals surface area contributed by atoms with Crippen LogP contribution in [0.25, 0.3) is 0 Å². The van der Waals surface area contributed by atoms with E-state index < -0.39 is 0 Å². The van der Waals surface area contributed by atoms with Gasteiger partial charge in [-0.15, -0.1) is 12.4 Å². The second kappa shape index (κ2) is 6.92. The van der Waals surface area contributed by atoms with Crippen molar-refractivity contribution in [2.75, 3.05) is 26.7 Å². The Morgan fingerprint density at radius 2 is 2.05 bits per heavy atom. The summed E-state index contributed by atoms with van der Waals surface area (Å²) in [5.41, 5.74) is 1.12. The first-order valence-electron chi connectivity index (χ1n) is 7.69. The van der Waals surface area contributed by atoms with Gasteiger partial charge in [0.1, 0.15) is 5.76 Å². The third kappa shape index (κ3) is 3.02. The first-order chi connectivity index (χ1) is 9.29. The molecule has 2 saturated heterocycles. The third-order valence-electron chi connectivity index (χ3n) is 4.57. The second-order valence-electron chi connectivity index (χ2n) is 6.00. The summed E-state index contributed by atoms with van der Waals surface area (Å²) in [5, 5.41) is 4.22. The Balaban J connectivity index is 0.00000147. The van der Waals surface area contributed by atoms with Crippen LogP contribution in [0.5, 0.6) is 0 Å². The molecule has 0 bridgehead atoms. The molecular formula is C15H26ClN3O. The van der Waals surface area contributed by atoms with Gasteiger partial charge in [0.05, 0.1) is 17.8 Å². The molecule has 0 amide bonds. The molecule has 2 aliphatic heterocycles. The molecule has 3 heterocycles. The van der Waals surface area contributed by atoms with Crippen LogP contribution in [0.2, 0.25) is 0 Å². The van der Waals surface area contributed by atoms with Crippen molar-refractivity contribution in [3.05, 3.63) is 17.5 Å². The van der Waals surface area contributed by atoms with Gasteiger partial charge in [-0.25, -0.2) is 0 Å². The monoisotopic (exact) mass is 299 g/mol. The van der Waals surface area contributed by atoms with E-state index in [1.54, 1.807) is 0 Å². The van der Waals surface area contributed by atoms with Crippen LogP contribution in [0.1, 0.15) is 50.0 Å². The standard InChI is InChI=1S/C15H25N3O.ClH/c1-3-6-12-11-14(19-16-12)13-7-10-17(2)15(13)18-8-4-5-9-18;/h11,13,15H,3-10H2,1-2H3;1H. The van der Waals surface area contributed by atoms with Gasteiger partial charge < -0.3 is 4.52 Å². The minimum atomic E-state index is 0. The summed E-state index contributed by atoms with van der Waals surface area (Å²) in [7, 11) is 2.24. The molecule has 4 nitrogen and oxygen atoms in total. The topological polar surface area (TPSA) is 32.5 Å². The summed E-state index contributed by atoms with van der Waals surface area (Å²) in [6.07, 6.45) is 6.55. The maximum absolute atomic E-state index is 5.64. The number of likely N-dealkylation sites (N-methyl/N-ethyl adjacent to an activating group) is 1. The number of rotatable bonds is 4. The van der Waals surface area contributed by atoms with Gasteiger partial charge in [-0.3, -0.25) is 9.80 Å². The van der Waals surface area contributed by atoms with Crippen molar-refractivity contribution in [1.82, 2.24) is 15.0 Å². The van der Waals surface area contributed by atoms with Crippen molar-refractivity contribution in [2.45, 2.75) is 51.1 Å². The predicted molar refractivity (Wildman–Crippen MR) is 82.3 cm³/mol. The first kappa shape index (κ1) is 15.8. The Morgan fingerprint density at radius 3 is 2.75 bits per heavy atom. The maximum atomic E-state index is 5.64. The van der Waals surface area contributed by atoms with Gasteiger partial charge >= 0.3 is 0 Å². The second-order valence-corrected chi connectivity index (χ2v) is 6.00. The number of hydrogen-bond acceptors (Lipinski definition) is 4. The highest BCUT2D eigenvalue weighted by Gasteiger charge is 2.39. The Kier molecular flexibility index (Phi) is 5.47. The molecule has 3 rings (SSSR count). The van der Waals surface area contributed by atoms with E-state index in [0.29, 0.717) is 12.1 Å². The Labute approximate surface area is 127 Å². The minimum Gasteiger partial charge on any atom is -0.361 e. The quantitative estimate of drug-likeness (QED) is 0.856. The lowest BCUT2D eigenvalue weighted by Gasteiger charge is -2.32. The maximum Gasteiger partial charge on any atom is 0.143 e. The molecule has 0 N–H and O–H groups in total. The molecule has 0 saturated carbocycles. The zero-order valence-corrected chi connectivity index (χ0v) is 13.4. The molecule has 0 aliphatic carbocycles. The van der Waals surface area contributed by atoms with Crippen LogP contribution < -0.4 is 0 Å². The number of halogens is 1. The van der Waals surface area contributed by atoms with E-state index in [9.17, 15) is 0 Å². The number of aromatic nitrogens is 1. The normalized spacial score (nSPS) is 27.9. The fraction of sp³-hybridized carbons (Fsp3) is 0.800. The number of aryl methyl sites for hydroxylation is 1. The predicted octanol–water partition coefficient (Wildman–Crippen LogP) is 2.89. The zero-order valence-electron chi connectivity index (χ0n) is 12.5. The highest BCUT2D eigenvalue weighted by atomic mass is 35.5. The summed E-state index contributed by atoms with van der Waals surface area (Å²) >= 11 is 0. The van der Waals surface area contributed by atoms with Gasteiger partial charge in [0, 0.05) is 12.6 Å². The van der Waals surface area contributed by atoms with Crippen LogP contribution in [0.3, 0.4) is 0 Å². The smallest absolute Gasteiger partial charge is 0.143 e. The van der Waals surface area contributed by atoms with Gasteiger partial charge in [0.15, 0.2) is 0 Å². The minimum absolute atomic E-state index is 0. The van der Waals surface area contributed by atoms with E-state index in [0.717, 1.165) is 30.8 Å². The largest absolute Gasteiger partial charge is 0.361 e. The van der Waals surface area contributed by atoms with Crippen molar-refractivity contribution >= 4 is 12.4 Å². The Bertz CT molecular complexity index is 417. The van der Waals surface area contributed by atoms with E-state index in [2.05, 4.69) is 35.0 Å². The van der Waals surface area contributed by atoms with Crippen molar-refractivity contribution in [1.29, 1.82) is 0 Å². The molecule has 2 aliphatic rings. The van der Waals surface area contributed by atoms with Crippen molar-refractivity contribution in [3.8, 4) is 0 Å². The van der Waals surface area contributed by atoms with Crippen LogP contribution >= 0.6 is 12.4 Å². The summed E-state index contributed by atoms with van der Waals surface area (Å²) in [6, 6.07) is 2.19. The van der Waals surface area contributed by atoms with Crippen LogP contribution in [0.4, 0.5) is 0 Å². The summed E-state index contributed by atoms with van der Waals surface area (Å²) in [5.74, 6) is 1.60. The highest BCUT2D eigenvalue weighted by Crippen LogP contribution is 2.36. The zero-order chi connectivity index (χ0) is 13.2. The van der Waals surface area contributed by atoms with Gasteiger partial charge in [-0.2, -0.15) is 0 Å². The fourth-order valence-corrected chi connectivity index (χ4v) is 3.64. The van der Waals surface area contributed by atoms with Gasteiger partial charge in [0.25, 0.3) is 0 Å². The average molecular weight is 300 g/mol. The number of nitrogens with zero attached hydrogens (tertiary/aromatic N) is 3. The molecule has 0 aromatic carbocycles. The summed E-state index contributed by atoms with van der Waals surface area (Å²) < 4.78 is 5.64. The first-order valence-corrected chi connectivity index (χ1v) is 7.69. The van der Waals surface area contributed by atoms with E-state index >= 15 is 0 Å². The Hall–Kier alpha value is -0.580. The van der Waals surface area contributed by atoms with Crippen LogP contribution in [-0.4, -0.2) is 47.8 Å². The van der Waals surface area contributed by atoms with E-state index in [1.165, 1.54) is 32.4 Å². The van der Waals surface area contributed by atoms with Crippen molar-refractivity contribution in [2.24, 2.45) is 0 Å². The highest BCUT2D eigenvalue weighted by molar-refractivity contribution is 5.85. The van der Waals surface area contributed by atoms with Crippen LogP contribution in [-0.2, 0) is 6.42 Å². The molecule has 2 atom stereocenters. The molecule has 2 unspecified atom stereocenters. The van der Waals surface area contributed by atoms with Crippen LogP contribution in [0, 0.1) is 0 Å². The molecule has 2 fully saturated rings. The summed E-state index contributed by atoms with van der Waals surface area (Å²) in [6.45, 7) is 5.82. The third-order valence-corrected chi connectivity index (χ3v) is 4.57. The van der Waals surface area contributed by atoms with Gasteiger partial charge in [-0.1, -0.05) is 18.5 Å². The van der Waals surface area contributed by atoms with Crippen molar-refractivity contribution in [3.63, 3.8) is 0 Å². The van der Waals surface area contributed by atoms with E-state index in [-0.39, 0.29) is 12.4 Å². The summed E-state index contributed by atoms with van der Waals surface area (Å²) in [4.78, 5) is 5.11. The molecule has 1 aromatic rings. The molecular weight excluding hydrogens is 274 g/mol. The fourth-order valence-electron chi connectivity index (χ4n) is 3.64. The van der Waals surface area contributed by atoms with Gasteiger partial charge in [-0.05, 0) is 45.8 Å². The lowest BCUT2D eigenvalue weighted by Crippen LogP contribution is -2.43. The van der Waals surface area contributed by atoms with E-state index in [4.69, 9.17) is 4.52 Å². The number of likely N-dealkylation sites (tertiary alicyclic amines) is 2. The Morgan fingerprint density at radius 1 is 1.30 bits per heavy atom. The van der Waals surface area contributed by atoms with Crippen LogP contribution in [0.15, 0.2) is 10.6 Å². The average Bonchev–Trinajstić information content (AvgIpc) is 3.08. The van der Waals surface area contributed by atoms with E-state index in [1.807, 2.05) is 0 Å². The molecule has 5 heteroatoms. The number of hydrogen-bond donors (Lipinski definition) is 0. The lowest BCUT2D eigenvalue weighted by atomic mass is 10.0.